The number of unbranched alkanes of at least 4 members (excludes halogenated alkanes) is 1. The van der Waals surface area contributed by atoms with Crippen molar-refractivity contribution < 1.29 is 19.4 Å². The molecule has 1 unspecified atom stereocenters. The van der Waals surface area contributed by atoms with Gasteiger partial charge in [-0.05, 0) is 39.2 Å². The average Bonchev–Trinajstić information content (AvgIpc) is 2.49. The Hall–Kier alpha value is -2.04. The summed E-state index contributed by atoms with van der Waals surface area (Å²) >= 11 is 0. The van der Waals surface area contributed by atoms with E-state index >= 15 is 0 Å². The van der Waals surface area contributed by atoms with Crippen molar-refractivity contribution in [3.05, 3.63) is 35.9 Å². The van der Waals surface area contributed by atoms with E-state index in [1.165, 1.54) is 0 Å². The van der Waals surface area contributed by atoms with Crippen LogP contribution in [-0.2, 0) is 16.1 Å². The standard InChI is InChI=1S/C19H29NO4/c1-15(17(21)22)10-8-9-13-20(18(23)24-19(2,3)4)14-16-11-6-5-7-12-16/h5-7,11-12,15H,8-10,13-14H2,1-4H3,(H,21,22). The zero-order valence-corrected chi connectivity index (χ0v) is 15.1. The quantitative estimate of drug-likeness (QED) is 0.719. The topological polar surface area (TPSA) is 66.8 Å². The molecule has 0 aromatic heterocycles. The first-order chi connectivity index (χ1) is 11.2. The summed E-state index contributed by atoms with van der Waals surface area (Å²) in [4.78, 5) is 24.9. The van der Waals surface area contributed by atoms with Crippen LogP contribution in [0.2, 0.25) is 0 Å². The highest BCUT2D eigenvalue weighted by atomic mass is 16.6. The number of ether oxygens (including phenoxy) is 1. The van der Waals surface area contributed by atoms with Crippen LogP contribution in [0.3, 0.4) is 0 Å². The lowest BCUT2D eigenvalue weighted by Crippen LogP contribution is -2.37. The number of carbonyl (C=O) groups is 2. The molecule has 0 heterocycles. The second-order valence-corrected chi connectivity index (χ2v) is 7.12. The van der Waals surface area contributed by atoms with Crippen molar-refractivity contribution in [2.24, 2.45) is 5.92 Å². The van der Waals surface area contributed by atoms with E-state index in [1.807, 2.05) is 51.1 Å². The minimum atomic E-state index is -0.775. The van der Waals surface area contributed by atoms with Gasteiger partial charge in [-0.3, -0.25) is 4.79 Å². The summed E-state index contributed by atoms with van der Waals surface area (Å²) in [5.41, 5.74) is 0.506. The lowest BCUT2D eigenvalue weighted by Gasteiger charge is -2.27. The van der Waals surface area contributed by atoms with Crippen molar-refractivity contribution in [1.29, 1.82) is 0 Å². The smallest absolute Gasteiger partial charge is 0.410 e. The highest BCUT2D eigenvalue weighted by Gasteiger charge is 2.22. The molecule has 1 atom stereocenters. The Kier molecular flexibility index (Phi) is 7.75. The molecule has 0 saturated carbocycles. The van der Waals surface area contributed by atoms with E-state index in [-0.39, 0.29) is 12.0 Å². The molecule has 1 N–H and O–H groups in total. The summed E-state index contributed by atoms with van der Waals surface area (Å²) in [5, 5.41) is 8.92. The van der Waals surface area contributed by atoms with Gasteiger partial charge in [-0.15, -0.1) is 0 Å². The second kappa shape index (κ2) is 9.30. The molecular formula is C19H29NO4. The molecule has 1 aromatic carbocycles. The van der Waals surface area contributed by atoms with E-state index in [2.05, 4.69) is 0 Å². The van der Waals surface area contributed by atoms with E-state index in [1.54, 1.807) is 11.8 Å². The van der Waals surface area contributed by atoms with E-state index in [0.717, 1.165) is 18.4 Å². The van der Waals surface area contributed by atoms with Crippen LogP contribution >= 0.6 is 0 Å². The van der Waals surface area contributed by atoms with Crippen molar-refractivity contribution in [3.8, 4) is 0 Å². The molecule has 5 nitrogen and oxygen atoms in total. The molecule has 0 saturated heterocycles. The first-order valence-electron chi connectivity index (χ1n) is 8.43. The highest BCUT2D eigenvalue weighted by molar-refractivity contribution is 5.69. The Morgan fingerprint density at radius 3 is 2.33 bits per heavy atom. The number of hydrogen-bond acceptors (Lipinski definition) is 3. The number of amides is 1. The number of benzene rings is 1. The molecular weight excluding hydrogens is 306 g/mol. The van der Waals surface area contributed by atoms with Crippen LogP contribution in [0.1, 0.15) is 52.5 Å². The molecule has 134 valence electrons. The molecule has 0 bridgehead atoms. The minimum Gasteiger partial charge on any atom is -0.481 e. The molecule has 0 aliphatic rings. The van der Waals surface area contributed by atoms with Crippen molar-refractivity contribution in [3.63, 3.8) is 0 Å². The number of carbonyl (C=O) groups excluding carboxylic acids is 1. The summed E-state index contributed by atoms with van der Waals surface area (Å²) in [6.07, 6.45) is 1.80. The van der Waals surface area contributed by atoms with E-state index in [4.69, 9.17) is 9.84 Å². The highest BCUT2D eigenvalue weighted by Crippen LogP contribution is 2.15. The van der Waals surface area contributed by atoms with Gasteiger partial charge in [0.05, 0.1) is 5.92 Å². The zero-order valence-electron chi connectivity index (χ0n) is 15.1. The minimum absolute atomic E-state index is 0.336. The fourth-order valence-electron chi connectivity index (χ4n) is 2.24. The van der Waals surface area contributed by atoms with Gasteiger partial charge in [0.25, 0.3) is 0 Å². The normalized spacial score (nSPS) is 12.5. The van der Waals surface area contributed by atoms with E-state index < -0.39 is 11.6 Å². The van der Waals surface area contributed by atoms with Gasteiger partial charge in [0, 0.05) is 13.1 Å². The fourth-order valence-corrected chi connectivity index (χ4v) is 2.24. The van der Waals surface area contributed by atoms with Crippen molar-refractivity contribution in [2.75, 3.05) is 6.54 Å². The summed E-state index contributed by atoms with van der Waals surface area (Å²) in [6.45, 7) is 8.29. The predicted molar refractivity (Wildman–Crippen MR) is 93.7 cm³/mol. The summed E-state index contributed by atoms with van der Waals surface area (Å²) in [5.74, 6) is -1.13. The van der Waals surface area contributed by atoms with Gasteiger partial charge >= 0.3 is 12.1 Å². The van der Waals surface area contributed by atoms with E-state index in [9.17, 15) is 9.59 Å². The third kappa shape index (κ3) is 7.99. The Balaban J connectivity index is 2.60. The number of nitrogens with zero attached hydrogens (tertiary/aromatic N) is 1. The number of rotatable bonds is 8. The van der Waals surface area contributed by atoms with Crippen LogP contribution in [0.5, 0.6) is 0 Å². The Bertz CT molecular complexity index is 522. The van der Waals surface area contributed by atoms with Gasteiger partial charge in [-0.2, -0.15) is 0 Å². The number of carboxylic acid groups (broad SMARTS) is 1. The van der Waals surface area contributed by atoms with Crippen molar-refractivity contribution >= 4 is 12.1 Å². The van der Waals surface area contributed by atoms with Crippen molar-refractivity contribution in [1.82, 2.24) is 4.90 Å². The van der Waals surface area contributed by atoms with Crippen molar-refractivity contribution in [2.45, 2.75) is 59.1 Å². The average molecular weight is 335 g/mol. The fraction of sp³-hybridized carbons (Fsp3) is 0.579. The van der Waals surface area contributed by atoms with Gasteiger partial charge in [-0.1, -0.05) is 43.7 Å². The van der Waals surface area contributed by atoms with Gasteiger partial charge in [-0.25, -0.2) is 4.79 Å². The monoisotopic (exact) mass is 335 g/mol. The Morgan fingerprint density at radius 1 is 1.17 bits per heavy atom. The largest absolute Gasteiger partial charge is 0.481 e. The van der Waals surface area contributed by atoms with Gasteiger partial charge in [0.2, 0.25) is 0 Å². The maximum Gasteiger partial charge on any atom is 0.410 e. The molecule has 5 heteroatoms. The first kappa shape index (κ1) is 20.0. The number of hydrogen-bond donors (Lipinski definition) is 1. The second-order valence-electron chi connectivity index (χ2n) is 7.12. The molecule has 0 spiro atoms. The molecule has 0 radical (unpaired) electrons. The summed E-state index contributed by atoms with van der Waals surface area (Å²) in [6, 6.07) is 9.77. The summed E-state index contributed by atoms with van der Waals surface area (Å²) < 4.78 is 5.48. The SMILES string of the molecule is CC(CCCCN(Cc1ccccc1)C(=O)OC(C)(C)C)C(=O)O. The Labute approximate surface area is 144 Å². The molecule has 0 fully saturated rings. The van der Waals surface area contributed by atoms with Gasteiger partial charge < -0.3 is 14.7 Å². The summed E-state index contributed by atoms with van der Waals surface area (Å²) in [7, 11) is 0. The molecule has 1 rings (SSSR count). The van der Waals surface area contributed by atoms with Crippen LogP contribution in [0.4, 0.5) is 4.79 Å². The molecule has 0 aliphatic carbocycles. The Morgan fingerprint density at radius 2 is 1.79 bits per heavy atom. The zero-order chi connectivity index (χ0) is 18.2. The third-order valence-electron chi connectivity index (χ3n) is 3.60. The van der Waals surface area contributed by atoms with Crippen LogP contribution in [0.15, 0.2) is 30.3 Å². The molecule has 1 amide bonds. The van der Waals surface area contributed by atoms with Crippen LogP contribution in [0.25, 0.3) is 0 Å². The predicted octanol–water partition coefficient (Wildman–Crippen LogP) is 4.31. The van der Waals surface area contributed by atoms with Crippen LogP contribution in [0, 0.1) is 5.92 Å². The molecule has 1 aromatic rings. The molecule has 0 aliphatic heterocycles. The van der Waals surface area contributed by atoms with E-state index in [0.29, 0.717) is 19.5 Å². The maximum atomic E-state index is 12.4. The van der Waals surface area contributed by atoms with Gasteiger partial charge in [0.15, 0.2) is 0 Å². The number of carboxylic acids is 1. The lowest BCUT2D eigenvalue weighted by molar-refractivity contribution is -0.141. The van der Waals surface area contributed by atoms with Crippen LogP contribution < -0.4 is 0 Å². The van der Waals surface area contributed by atoms with Crippen LogP contribution in [-0.4, -0.2) is 34.2 Å². The first-order valence-corrected chi connectivity index (χ1v) is 8.43. The molecule has 24 heavy (non-hydrogen) atoms. The van der Waals surface area contributed by atoms with Gasteiger partial charge in [0.1, 0.15) is 5.60 Å². The third-order valence-corrected chi connectivity index (χ3v) is 3.60. The maximum absolute atomic E-state index is 12.4. The number of aliphatic carboxylic acids is 1. The lowest BCUT2D eigenvalue weighted by atomic mass is 10.0.